The van der Waals surface area contributed by atoms with Crippen LogP contribution < -0.4 is 15.4 Å². The number of primary amides is 1. The van der Waals surface area contributed by atoms with Crippen molar-refractivity contribution in [3.63, 3.8) is 0 Å². The van der Waals surface area contributed by atoms with E-state index in [2.05, 4.69) is 33.9 Å². The van der Waals surface area contributed by atoms with Gasteiger partial charge in [-0.05, 0) is 38.2 Å². The van der Waals surface area contributed by atoms with E-state index in [1.807, 2.05) is 30.3 Å². The summed E-state index contributed by atoms with van der Waals surface area (Å²) < 4.78 is 6.13. The zero-order valence-corrected chi connectivity index (χ0v) is 19.0. The van der Waals surface area contributed by atoms with E-state index in [4.69, 9.17) is 15.5 Å². The first-order valence-corrected chi connectivity index (χ1v) is 11.2. The number of anilines is 1. The molecule has 1 aliphatic rings. The molecule has 1 aromatic carbocycles. The number of rotatable bonds is 8. The van der Waals surface area contributed by atoms with Crippen LogP contribution in [0.3, 0.4) is 0 Å². The van der Waals surface area contributed by atoms with Crippen molar-refractivity contribution in [1.29, 1.82) is 0 Å². The van der Waals surface area contributed by atoms with Crippen molar-refractivity contribution < 1.29 is 9.53 Å². The molecule has 32 heavy (non-hydrogen) atoms. The molecular weight excluding hydrogens is 424 g/mol. The van der Waals surface area contributed by atoms with Crippen LogP contribution in [-0.4, -0.2) is 59.0 Å². The lowest BCUT2D eigenvalue weighted by atomic mass is 10.2. The zero-order valence-electron chi connectivity index (χ0n) is 18.1. The van der Waals surface area contributed by atoms with Crippen LogP contribution in [0, 0.1) is 0 Å². The van der Waals surface area contributed by atoms with Crippen molar-refractivity contribution >= 4 is 23.6 Å². The van der Waals surface area contributed by atoms with Gasteiger partial charge in [-0.3, -0.25) is 4.79 Å². The van der Waals surface area contributed by atoms with Crippen LogP contribution in [0.5, 0.6) is 5.88 Å². The number of nitrogens with two attached hydrogens (primary N) is 1. The molecule has 2 N–H and O–H groups in total. The Labute approximate surface area is 191 Å². The molecule has 1 atom stereocenters. The lowest BCUT2D eigenvalue weighted by Crippen LogP contribution is -2.32. The van der Waals surface area contributed by atoms with Crippen molar-refractivity contribution in [2.75, 3.05) is 32.1 Å². The fraction of sp³-hybridized carbons (Fsp3) is 0.304. The molecule has 0 unspecified atom stereocenters. The number of likely N-dealkylation sites (N-methyl/N-ethyl adjacent to an activating group) is 1. The summed E-state index contributed by atoms with van der Waals surface area (Å²) >= 11 is 1.44. The highest BCUT2D eigenvalue weighted by atomic mass is 32.2. The summed E-state index contributed by atoms with van der Waals surface area (Å²) in [7, 11) is 4.20. The molecule has 1 saturated heterocycles. The second-order valence-corrected chi connectivity index (χ2v) is 8.93. The summed E-state index contributed by atoms with van der Waals surface area (Å²) in [4.78, 5) is 30.8. The number of carbonyl (C=O) groups is 1. The van der Waals surface area contributed by atoms with Gasteiger partial charge < -0.3 is 20.3 Å². The molecular formula is C23H26N6O2S. The minimum atomic E-state index is -0.553. The van der Waals surface area contributed by atoms with Crippen molar-refractivity contribution in [2.24, 2.45) is 5.73 Å². The third-order valence-electron chi connectivity index (χ3n) is 5.32. The quantitative estimate of drug-likeness (QED) is 0.560. The van der Waals surface area contributed by atoms with Crippen molar-refractivity contribution in [3.8, 4) is 5.88 Å². The molecule has 0 bridgehead atoms. The summed E-state index contributed by atoms with van der Waals surface area (Å²) in [5.41, 5.74) is 6.57. The highest BCUT2D eigenvalue weighted by Crippen LogP contribution is 2.35. The first kappa shape index (κ1) is 22.0. The number of hydrogen-bond donors (Lipinski definition) is 1. The summed E-state index contributed by atoms with van der Waals surface area (Å²) in [6, 6.07) is 13.9. The predicted octanol–water partition coefficient (Wildman–Crippen LogP) is 2.84. The largest absolute Gasteiger partial charge is 0.472 e. The Morgan fingerprint density at radius 3 is 2.66 bits per heavy atom. The van der Waals surface area contributed by atoms with Gasteiger partial charge in [-0.15, -0.1) is 0 Å². The Morgan fingerprint density at radius 1 is 1.19 bits per heavy atom. The maximum Gasteiger partial charge on any atom is 0.267 e. The second-order valence-electron chi connectivity index (χ2n) is 7.81. The third kappa shape index (κ3) is 5.35. The molecule has 8 nitrogen and oxygen atoms in total. The topological polar surface area (TPSA) is 97.5 Å². The molecule has 1 fully saturated rings. The minimum Gasteiger partial charge on any atom is -0.472 e. The summed E-state index contributed by atoms with van der Waals surface area (Å²) in [5, 5.41) is 0. The van der Waals surface area contributed by atoms with Crippen LogP contribution in [0.4, 0.5) is 5.95 Å². The van der Waals surface area contributed by atoms with Crippen LogP contribution >= 0.6 is 11.8 Å². The van der Waals surface area contributed by atoms with E-state index in [1.165, 1.54) is 11.8 Å². The van der Waals surface area contributed by atoms with E-state index < -0.39 is 5.91 Å². The van der Waals surface area contributed by atoms with E-state index in [0.29, 0.717) is 24.5 Å². The summed E-state index contributed by atoms with van der Waals surface area (Å²) in [5.74, 6) is 0.642. The average Bonchev–Trinajstić information content (AvgIpc) is 3.30. The van der Waals surface area contributed by atoms with Crippen LogP contribution in [0.15, 0.2) is 64.6 Å². The van der Waals surface area contributed by atoms with E-state index in [0.717, 1.165) is 34.9 Å². The number of pyridine rings is 1. The lowest BCUT2D eigenvalue weighted by Gasteiger charge is -2.21. The van der Waals surface area contributed by atoms with Gasteiger partial charge in [-0.25, -0.2) is 9.97 Å². The van der Waals surface area contributed by atoms with Gasteiger partial charge in [0.25, 0.3) is 5.91 Å². The molecule has 166 valence electrons. The Kier molecular flexibility index (Phi) is 6.87. The molecule has 2 aromatic heterocycles. The highest BCUT2D eigenvalue weighted by molar-refractivity contribution is 7.99. The molecule has 1 aliphatic heterocycles. The SMILES string of the molecule is CN(C)[C@H]1CCN(c2ncc(Sc3ccc(C(N)=O)nc3)c(OCc3ccccc3)n2)C1. The Hall–Kier alpha value is -3.17. The number of ether oxygens (including phenoxy) is 1. The standard InChI is InChI=1S/C23H26N6O2S/c1-28(2)17-10-11-29(14-17)23-26-13-20(32-18-8-9-19(21(24)30)25-12-18)22(27-23)31-15-16-6-4-3-5-7-16/h3-9,12-13,17H,10-11,14-15H2,1-2H3,(H2,24,30)/t17-/m0/s1. The fourth-order valence-corrected chi connectivity index (χ4v) is 4.25. The first-order chi connectivity index (χ1) is 15.5. The van der Waals surface area contributed by atoms with Crippen LogP contribution in [0.25, 0.3) is 0 Å². The van der Waals surface area contributed by atoms with E-state index in [1.54, 1.807) is 24.5 Å². The lowest BCUT2D eigenvalue weighted by molar-refractivity contribution is 0.0995. The van der Waals surface area contributed by atoms with Crippen molar-refractivity contribution in [3.05, 3.63) is 66.1 Å². The van der Waals surface area contributed by atoms with Gasteiger partial charge in [0.15, 0.2) is 0 Å². The van der Waals surface area contributed by atoms with Gasteiger partial charge in [-0.1, -0.05) is 42.1 Å². The van der Waals surface area contributed by atoms with E-state index >= 15 is 0 Å². The Morgan fingerprint density at radius 2 is 2.00 bits per heavy atom. The zero-order chi connectivity index (χ0) is 22.5. The minimum absolute atomic E-state index is 0.228. The Balaban J connectivity index is 1.57. The smallest absolute Gasteiger partial charge is 0.267 e. The van der Waals surface area contributed by atoms with Gasteiger partial charge in [0.1, 0.15) is 12.3 Å². The Bertz CT molecular complexity index is 1060. The summed E-state index contributed by atoms with van der Waals surface area (Å²) in [6.45, 7) is 2.20. The second kappa shape index (κ2) is 9.97. The molecule has 0 radical (unpaired) electrons. The third-order valence-corrected chi connectivity index (χ3v) is 6.30. The number of hydrogen-bond acceptors (Lipinski definition) is 8. The van der Waals surface area contributed by atoms with Gasteiger partial charge in [0.2, 0.25) is 11.8 Å². The molecule has 0 spiro atoms. The molecule has 9 heteroatoms. The monoisotopic (exact) mass is 450 g/mol. The van der Waals surface area contributed by atoms with Gasteiger partial charge >= 0.3 is 0 Å². The summed E-state index contributed by atoms with van der Waals surface area (Å²) in [6.07, 6.45) is 4.48. The molecule has 3 heterocycles. The number of amides is 1. The molecule has 3 aromatic rings. The van der Waals surface area contributed by atoms with Crippen LogP contribution in [-0.2, 0) is 6.61 Å². The van der Waals surface area contributed by atoms with E-state index in [9.17, 15) is 4.79 Å². The van der Waals surface area contributed by atoms with Crippen LogP contribution in [0.1, 0.15) is 22.5 Å². The van der Waals surface area contributed by atoms with E-state index in [-0.39, 0.29) is 5.69 Å². The molecule has 4 rings (SSSR count). The normalized spacial score (nSPS) is 15.8. The van der Waals surface area contributed by atoms with Gasteiger partial charge in [0, 0.05) is 30.2 Å². The number of aromatic nitrogens is 3. The maximum absolute atomic E-state index is 11.3. The van der Waals surface area contributed by atoms with Gasteiger partial charge in [0.05, 0.1) is 11.1 Å². The maximum atomic E-state index is 11.3. The number of nitrogens with zero attached hydrogens (tertiary/aromatic N) is 5. The van der Waals surface area contributed by atoms with Crippen LogP contribution in [0.2, 0.25) is 0 Å². The van der Waals surface area contributed by atoms with Crippen molar-refractivity contribution in [1.82, 2.24) is 19.9 Å². The first-order valence-electron chi connectivity index (χ1n) is 10.4. The predicted molar refractivity (Wildman–Crippen MR) is 124 cm³/mol. The molecule has 0 saturated carbocycles. The average molecular weight is 451 g/mol. The molecule has 0 aliphatic carbocycles. The van der Waals surface area contributed by atoms with Gasteiger partial charge in [-0.2, -0.15) is 4.98 Å². The number of carbonyl (C=O) groups excluding carboxylic acids is 1. The molecule has 1 amide bonds. The van der Waals surface area contributed by atoms with Crippen molar-refractivity contribution in [2.45, 2.75) is 28.9 Å². The highest BCUT2D eigenvalue weighted by Gasteiger charge is 2.26. The fourth-order valence-electron chi connectivity index (χ4n) is 3.46. The number of benzene rings is 1.